The van der Waals surface area contributed by atoms with Gasteiger partial charge in [0.15, 0.2) is 17.5 Å². The van der Waals surface area contributed by atoms with E-state index in [1.54, 1.807) is 14.2 Å². The van der Waals surface area contributed by atoms with Crippen LogP contribution in [0.4, 0.5) is 0 Å². The van der Waals surface area contributed by atoms with Crippen LogP contribution in [0.5, 0.6) is 11.5 Å². The Kier molecular flexibility index (Phi) is 7.85. The first-order chi connectivity index (χ1) is 12.2. The molecule has 0 amide bonds. The van der Waals surface area contributed by atoms with Crippen LogP contribution >= 0.6 is 0 Å². The van der Waals surface area contributed by atoms with Crippen molar-refractivity contribution < 1.29 is 9.47 Å². The van der Waals surface area contributed by atoms with E-state index in [2.05, 4.69) is 22.1 Å². The second-order valence-electron chi connectivity index (χ2n) is 6.37. The molecule has 0 aliphatic carbocycles. The van der Waals surface area contributed by atoms with Gasteiger partial charge >= 0.3 is 0 Å². The molecule has 1 atom stereocenters. The fourth-order valence-electron chi connectivity index (χ4n) is 3.31. The number of piperidine rings is 1. The highest BCUT2D eigenvalue weighted by Gasteiger charge is 2.20. The summed E-state index contributed by atoms with van der Waals surface area (Å²) in [5.74, 6) is 2.02. The Balaban J connectivity index is 1.78. The second kappa shape index (κ2) is 10.1. The van der Waals surface area contributed by atoms with Crippen molar-refractivity contribution in [2.75, 3.05) is 40.4 Å². The normalized spacial score (nSPS) is 18.8. The van der Waals surface area contributed by atoms with Gasteiger partial charge in [0.05, 0.1) is 20.8 Å². The molecule has 0 aromatic heterocycles. The molecule has 1 aliphatic rings. The number of methoxy groups -OCH3 is 2. The molecule has 25 heavy (non-hydrogen) atoms. The first-order valence-electron chi connectivity index (χ1n) is 9.16. The van der Waals surface area contributed by atoms with E-state index in [9.17, 15) is 0 Å². The molecule has 0 spiro atoms. The molecule has 1 aromatic carbocycles. The largest absolute Gasteiger partial charge is 0.493 e. The molecular weight excluding hydrogens is 316 g/mol. The minimum atomic E-state index is 0.530. The lowest BCUT2D eigenvalue weighted by Crippen LogP contribution is -2.42. The fraction of sp³-hybridized carbons (Fsp3) is 0.632. The molecule has 6 heteroatoms. The van der Waals surface area contributed by atoms with Crippen LogP contribution in [0.3, 0.4) is 0 Å². The molecule has 1 unspecified atom stereocenters. The number of ether oxygens (including phenoxy) is 2. The van der Waals surface area contributed by atoms with Crippen molar-refractivity contribution in [3.8, 4) is 11.5 Å². The lowest BCUT2D eigenvalue weighted by Gasteiger charge is -2.33. The van der Waals surface area contributed by atoms with Crippen LogP contribution in [0.1, 0.15) is 31.7 Å². The van der Waals surface area contributed by atoms with E-state index in [1.165, 1.54) is 31.4 Å². The number of likely N-dealkylation sites (N-methyl/N-ethyl adjacent to an activating group) is 1. The van der Waals surface area contributed by atoms with Crippen LogP contribution in [0.2, 0.25) is 0 Å². The number of hydrogen-bond acceptors (Lipinski definition) is 4. The number of guanidine groups is 1. The lowest BCUT2D eigenvalue weighted by molar-refractivity contribution is 0.161. The van der Waals surface area contributed by atoms with Crippen molar-refractivity contribution in [2.45, 2.75) is 38.6 Å². The minimum Gasteiger partial charge on any atom is -0.493 e. The average molecular weight is 348 g/mol. The van der Waals surface area contributed by atoms with Gasteiger partial charge in [-0.3, -0.25) is 9.89 Å². The Labute approximate surface area is 151 Å². The summed E-state index contributed by atoms with van der Waals surface area (Å²) in [7, 11) is 3.29. The molecule has 1 fully saturated rings. The summed E-state index contributed by atoms with van der Waals surface area (Å²) < 4.78 is 10.6. The maximum Gasteiger partial charge on any atom is 0.188 e. The Bertz CT molecular complexity index is 562. The van der Waals surface area contributed by atoms with Crippen LogP contribution in [0.15, 0.2) is 23.2 Å². The van der Waals surface area contributed by atoms with Gasteiger partial charge in [-0.2, -0.15) is 0 Å². The van der Waals surface area contributed by atoms with Crippen molar-refractivity contribution in [2.24, 2.45) is 10.7 Å². The molecule has 6 nitrogen and oxygen atoms in total. The van der Waals surface area contributed by atoms with Gasteiger partial charge in [-0.25, -0.2) is 0 Å². The summed E-state index contributed by atoms with van der Waals surface area (Å²) in [6.07, 6.45) is 4.66. The summed E-state index contributed by atoms with van der Waals surface area (Å²) in [5, 5.41) is 3.21. The zero-order valence-corrected chi connectivity index (χ0v) is 15.8. The van der Waals surface area contributed by atoms with E-state index >= 15 is 0 Å². The number of nitrogens with zero attached hydrogens (tertiary/aromatic N) is 2. The molecule has 0 bridgehead atoms. The fourth-order valence-corrected chi connectivity index (χ4v) is 3.31. The lowest BCUT2D eigenvalue weighted by atomic mass is 10.0. The molecular formula is C19H32N4O2. The monoisotopic (exact) mass is 348 g/mol. The highest BCUT2D eigenvalue weighted by Crippen LogP contribution is 2.27. The van der Waals surface area contributed by atoms with Crippen molar-refractivity contribution in [1.29, 1.82) is 0 Å². The van der Waals surface area contributed by atoms with Gasteiger partial charge in [0, 0.05) is 12.6 Å². The van der Waals surface area contributed by atoms with Crippen molar-refractivity contribution in [3.63, 3.8) is 0 Å². The summed E-state index contributed by atoms with van der Waals surface area (Å²) in [6, 6.07) is 6.49. The van der Waals surface area contributed by atoms with Crippen molar-refractivity contribution in [3.05, 3.63) is 23.8 Å². The Morgan fingerprint density at radius 1 is 1.28 bits per heavy atom. The topological polar surface area (TPSA) is 72.1 Å². The zero-order valence-electron chi connectivity index (χ0n) is 15.8. The standard InChI is InChI=1S/C19H32N4O2/c1-4-23-12-6-5-7-16(23)14-22-19(20)21-11-10-15-8-9-17(24-2)18(13-15)25-3/h8-9,13,16H,4-7,10-12,14H2,1-3H3,(H3,20,21,22). The predicted octanol–water partition coefficient (Wildman–Crippen LogP) is 2.03. The number of nitrogens with two attached hydrogens (primary N) is 1. The van der Waals surface area contributed by atoms with Gasteiger partial charge in [-0.15, -0.1) is 0 Å². The third-order valence-corrected chi connectivity index (χ3v) is 4.80. The first kappa shape index (κ1) is 19.4. The predicted molar refractivity (Wildman–Crippen MR) is 103 cm³/mol. The molecule has 140 valence electrons. The molecule has 0 saturated carbocycles. The van der Waals surface area contributed by atoms with Gasteiger partial charge in [-0.05, 0) is 50.0 Å². The van der Waals surface area contributed by atoms with E-state index in [0.29, 0.717) is 12.0 Å². The van der Waals surface area contributed by atoms with E-state index in [4.69, 9.17) is 15.2 Å². The maximum absolute atomic E-state index is 6.02. The number of benzene rings is 1. The molecule has 1 heterocycles. The van der Waals surface area contributed by atoms with Gasteiger partial charge in [0.1, 0.15) is 0 Å². The third-order valence-electron chi connectivity index (χ3n) is 4.80. The highest BCUT2D eigenvalue weighted by molar-refractivity contribution is 5.77. The molecule has 1 saturated heterocycles. The van der Waals surface area contributed by atoms with E-state index in [0.717, 1.165) is 37.6 Å². The van der Waals surface area contributed by atoms with Crippen LogP contribution < -0.4 is 20.5 Å². The van der Waals surface area contributed by atoms with Crippen LogP contribution in [0.25, 0.3) is 0 Å². The van der Waals surface area contributed by atoms with Crippen LogP contribution in [-0.4, -0.2) is 57.3 Å². The molecule has 3 N–H and O–H groups in total. The summed E-state index contributed by atoms with van der Waals surface area (Å²) in [6.45, 7) is 6.01. The number of likely N-dealkylation sites (tertiary alicyclic amines) is 1. The van der Waals surface area contributed by atoms with Crippen LogP contribution in [0, 0.1) is 0 Å². The quantitative estimate of drug-likeness (QED) is 0.555. The second-order valence-corrected chi connectivity index (χ2v) is 6.37. The third kappa shape index (κ3) is 5.81. The van der Waals surface area contributed by atoms with E-state index < -0.39 is 0 Å². The molecule has 1 aromatic rings. The highest BCUT2D eigenvalue weighted by atomic mass is 16.5. The number of hydrogen-bond donors (Lipinski definition) is 2. The number of rotatable bonds is 8. The Hall–Kier alpha value is -1.95. The van der Waals surface area contributed by atoms with Gasteiger partial charge in [0.2, 0.25) is 0 Å². The number of aliphatic imine (C=N–C) groups is 1. The SMILES string of the molecule is CCN1CCCCC1CN=C(N)NCCc1ccc(OC)c(OC)c1. The van der Waals surface area contributed by atoms with Crippen molar-refractivity contribution in [1.82, 2.24) is 10.2 Å². The summed E-state index contributed by atoms with van der Waals surface area (Å²) in [4.78, 5) is 7.04. The van der Waals surface area contributed by atoms with Gasteiger partial charge in [-0.1, -0.05) is 19.4 Å². The van der Waals surface area contributed by atoms with Gasteiger partial charge in [0.25, 0.3) is 0 Å². The average Bonchev–Trinajstić information content (AvgIpc) is 2.66. The zero-order chi connectivity index (χ0) is 18.1. The van der Waals surface area contributed by atoms with E-state index in [1.807, 2.05) is 18.2 Å². The Morgan fingerprint density at radius 3 is 2.80 bits per heavy atom. The summed E-state index contributed by atoms with van der Waals surface area (Å²) in [5.41, 5.74) is 7.19. The van der Waals surface area contributed by atoms with E-state index in [-0.39, 0.29) is 0 Å². The Morgan fingerprint density at radius 2 is 2.08 bits per heavy atom. The summed E-state index contributed by atoms with van der Waals surface area (Å²) >= 11 is 0. The first-order valence-corrected chi connectivity index (χ1v) is 9.16. The maximum atomic E-state index is 6.02. The molecule has 1 aliphatic heterocycles. The molecule has 0 radical (unpaired) electrons. The minimum absolute atomic E-state index is 0.530. The van der Waals surface area contributed by atoms with Gasteiger partial charge < -0.3 is 20.5 Å². The number of nitrogens with one attached hydrogen (secondary N) is 1. The smallest absolute Gasteiger partial charge is 0.188 e. The molecule has 2 rings (SSSR count). The van der Waals surface area contributed by atoms with Crippen molar-refractivity contribution >= 4 is 5.96 Å². The van der Waals surface area contributed by atoms with Crippen LogP contribution in [-0.2, 0) is 6.42 Å².